The van der Waals surface area contributed by atoms with E-state index in [2.05, 4.69) is 30.9 Å². The molecular formula is C15H23NO2. The van der Waals surface area contributed by atoms with Gasteiger partial charge in [-0.05, 0) is 12.0 Å². The van der Waals surface area contributed by atoms with E-state index in [1.807, 2.05) is 12.1 Å². The Morgan fingerprint density at radius 3 is 2.44 bits per heavy atom. The van der Waals surface area contributed by atoms with Crippen molar-refractivity contribution < 1.29 is 9.47 Å². The van der Waals surface area contributed by atoms with Crippen LogP contribution in [0.1, 0.15) is 25.5 Å². The number of rotatable bonds is 4. The predicted octanol–water partition coefficient (Wildman–Crippen LogP) is 2.72. The molecular weight excluding hydrogens is 226 g/mol. The molecule has 100 valence electrons. The van der Waals surface area contributed by atoms with Gasteiger partial charge in [-0.15, -0.1) is 0 Å². The first kappa shape index (κ1) is 13.4. The van der Waals surface area contributed by atoms with Gasteiger partial charge in [-0.25, -0.2) is 0 Å². The molecule has 0 N–H and O–H groups in total. The Bertz CT molecular complexity index is 373. The molecule has 1 atom stereocenters. The lowest BCUT2D eigenvalue weighted by Gasteiger charge is -2.37. The molecule has 1 aromatic rings. The molecule has 0 bridgehead atoms. The number of nitrogens with zero attached hydrogens (tertiary/aromatic N) is 1. The minimum Gasteiger partial charge on any atom is -0.496 e. The van der Waals surface area contributed by atoms with E-state index < -0.39 is 0 Å². The first-order valence-corrected chi connectivity index (χ1v) is 6.68. The van der Waals surface area contributed by atoms with Gasteiger partial charge < -0.3 is 9.47 Å². The summed E-state index contributed by atoms with van der Waals surface area (Å²) in [7, 11) is 1.75. The van der Waals surface area contributed by atoms with Crippen LogP contribution < -0.4 is 4.74 Å². The van der Waals surface area contributed by atoms with Crippen molar-refractivity contribution in [3.05, 3.63) is 29.8 Å². The van der Waals surface area contributed by atoms with Gasteiger partial charge in [0.1, 0.15) is 5.75 Å². The van der Waals surface area contributed by atoms with E-state index in [4.69, 9.17) is 9.47 Å². The lowest BCUT2D eigenvalue weighted by atomic mass is 9.93. The van der Waals surface area contributed by atoms with Crippen LogP contribution in [0.25, 0.3) is 0 Å². The SMILES string of the molecule is COc1ccccc1C(C(C)C)N1CCOCC1. The summed E-state index contributed by atoms with van der Waals surface area (Å²) in [5, 5.41) is 0. The summed E-state index contributed by atoms with van der Waals surface area (Å²) in [6.45, 7) is 8.21. The molecule has 0 aromatic heterocycles. The first-order chi connectivity index (χ1) is 8.74. The highest BCUT2D eigenvalue weighted by Crippen LogP contribution is 2.34. The van der Waals surface area contributed by atoms with Crippen molar-refractivity contribution in [1.29, 1.82) is 0 Å². The Kier molecular flexibility index (Phi) is 4.61. The van der Waals surface area contributed by atoms with E-state index in [1.165, 1.54) is 5.56 Å². The summed E-state index contributed by atoms with van der Waals surface area (Å²) in [4.78, 5) is 2.51. The molecule has 1 aromatic carbocycles. The minimum atomic E-state index is 0.407. The molecule has 1 fully saturated rings. The van der Waals surface area contributed by atoms with Crippen LogP contribution in [0, 0.1) is 5.92 Å². The summed E-state index contributed by atoms with van der Waals surface area (Å²) in [5.74, 6) is 1.54. The highest BCUT2D eigenvalue weighted by atomic mass is 16.5. The highest BCUT2D eigenvalue weighted by molar-refractivity contribution is 5.36. The third-order valence-corrected chi connectivity index (χ3v) is 3.53. The third-order valence-electron chi connectivity index (χ3n) is 3.53. The van der Waals surface area contributed by atoms with Crippen molar-refractivity contribution >= 4 is 0 Å². The Balaban J connectivity index is 2.28. The molecule has 1 saturated heterocycles. The van der Waals surface area contributed by atoms with E-state index in [9.17, 15) is 0 Å². The zero-order valence-corrected chi connectivity index (χ0v) is 11.6. The quantitative estimate of drug-likeness (QED) is 0.819. The van der Waals surface area contributed by atoms with E-state index in [-0.39, 0.29) is 0 Å². The van der Waals surface area contributed by atoms with Crippen LogP contribution in [0.2, 0.25) is 0 Å². The van der Waals surface area contributed by atoms with Crippen LogP contribution in [0.15, 0.2) is 24.3 Å². The Hall–Kier alpha value is -1.06. The lowest BCUT2D eigenvalue weighted by molar-refractivity contribution is 0.00509. The normalized spacial score (nSPS) is 18.9. The fraction of sp³-hybridized carbons (Fsp3) is 0.600. The van der Waals surface area contributed by atoms with E-state index >= 15 is 0 Å². The average molecular weight is 249 g/mol. The van der Waals surface area contributed by atoms with Crippen molar-refractivity contribution in [2.45, 2.75) is 19.9 Å². The second kappa shape index (κ2) is 6.21. The van der Waals surface area contributed by atoms with Crippen molar-refractivity contribution in [3.63, 3.8) is 0 Å². The number of ether oxygens (including phenoxy) is 2. The molecule has 0 amide bonds. The molecule has 0 aliphatic carbocycles. The Morgan fingerprint density at radius 2 is 1.83 bits per heavy atom. The Labute approximate surface area is 110 Å². The van der Waals surface area contributed by atoms with Crippen molar-refractivity contribution in [3.8, 4) is 5.75 Å². The molecule has 1 aliphatic heterocycles. The maximum absolute atomic E-state index is 5.51. The van der Waals surface area contributed by atoms with Gasteiger partial charge in [0.05, 0.1) is 20.3 Å². The van der Waals surface area contributed by atoms with Crippen molar-refractivity contribution in [2.75, 3.05) is 33.4 Å². The number of morpholine rings is 1. The van der Waals surface area contributed by atoms with Crippen LogP contribution in [-0.2, 0) is 4.74 Å². The van der Waals surface area contributed by atoms with E-state index in [0.29, 0.717) is 12.0 Å². The van der Waals surface area contributed by atoms with Crippen LogP contribution >= 0.6 is 0 Å². The first-order valence-electron chi connectivity index (χ1n) is 6.68. The molecule has 0 saturated carbocycles. The Morgan fingerprint density at radius 1 is 1.17 bits per heavy atom. The van der Waals surface area contributed by atoms with E-state index in [1.54, 1.807) is 7.11 Å². The molecule has 1 aliphatic rings. The van der Waals surface area contributed by atoms with Crippen LogP contribution in [-0.4, -0.2) is 38.3 Å². The van der Waals surface area contributed by atoms with E-state index in [0.717, 1.165) is 32.1 Å². The number of hydrogen-bond acceptors (Lipinski definition) is 3. The topological polar surface area (TPSA) is 21.7 Å². The van der Waals surface area contributed by atoms with Gasteiger partial charge in [0, 0.05) is 24.7 Å². The summed E-state index contributed by atoms with van der Waals surface area (Å²) in [6.07, 6.45) is 0. The van der Waals surface area contributed by atoms with Gasteiger partial charge in [0.25, 0.3) is 0 Å². The van der Waals surface area contributed by atoms with Crippen molar-refractivity contribution in [1.82, 2.24) is 4.90 Å². The molecule has 0 radical (unpaired) electrons. The molecule has 1 unspecified atom stereocenters. The second-order valence-electron chi connectivity index (χ2n) is 5.08. The number of benzene rings is 1. The van der Waals surface area contributed by atoms with Crippen LogP contribution in [0.4, 0.5) is 0 Å². The van der Waals surface area contributed by atoms with Gasteiger partial charge >= 0.3 is 0 Å². The summed E-state index contributed by atoms with van der Waals surface area (Å²) < 4.78 is 11.0. The number of methoxy groups -OCH3 is 1. The maximum atomic E-state index is 5.51. The standard InChI is InChI=1S/C15H23NO2/c1-12(2)15(16-8-10-18-11-9-16)13-6-4-5-7-14(13)17-3/h4-7,12,15H,8-11H2,1-3H3. The smallest absolute Gasteiger partial charge is 0.123 e. The summed E-state index contributed by atoms with van der Waals surface area (Å²) >= 11 is 0. The molecule has 18 heavy (non-hydrogen) atoms. The highest BCUT2D eigenvalue weighted by Gasteiger charge is 2.27. The number of hydrogen-bond donors (Lipinski definition) is 0. The molecule has 3 heteroatoms. The lowest BCUT2D eigenvalue weighted by Crippen LogP contribution is -2.41. The predicted molar refractivity (Wildman–Crippen MR) is 73.0 cm³/mol. The summed E-state index contributed by atoms with van der Waals surface area (Å²) in [6, 6.07) is 8.75. The summed E-state index contributed by atoms with van der Waals surface area (Å²) in [5.41, 5.74) is 1.29. The van der Waals surface area contributed by atoms with Gasteiger partial charge in [-0.1, -0.05) is 32.0 Å². The largest absolute Gasteiger partial charge is 0.496 e. The van der Waals surface area contributed by atoms with Gasteiger partial charge in [-0.2, -0.15) is 0 Å². The monoisotopic (exact) mass is 249 g/mol. The third kappa shape index (κ3) is 2.85. The molecule has 2 rings (SSSR count). The van der Waals surface area contributed by atoms with Gasteiger partial charge in [0.15, 0.2) is 0 Å². The zero-order chi connectivity index (χ0) is 13.0. The fourth-order valence-corrected chi connectivity index (χ4v) is 2.74. The van der Waals surface area contributed by atoms with Gasteiger partial charge in [-0.3, -0.25) is 4.90 Å². The van der Waals surface area contributed by atoms with Crippen LogP contribution in [0.3, 0.4) is 0 Å². The average Bonchev–Trinajstić information content (AvgIpc) is 2.40. The van der Waals surface area contributed by atoms with Crippen LogP contribution in [0.5, 0.6) is 5.75 Å². The van der Waals surface area contributed by atoms with Crippen molar-refractivity contribution in [2.24, 2.45) is 5.92 Å². The fourth-order valence-electron chi connectivity index (χ4n) is 2.74. The molecule has 1 heterocycles. The molecule has 3 nitrogen and oxygen atoms in total. The second-order valence-corrected chi connectivity index (χ2v) is 5.08. The zero-order valence-electron chi connectivity index (χ0n) is 11.6. The maximum Gasteiger partial charge on any atom is 0.123 e. The number of para-hydroxylation sites is 1. The minimum absolute atomic E-state index is 0.407. The molecule has 0 spiro atoms. The van der Waals surface area contributed by atoms with Gasteiger partial charge in [0.2, 0.25) is 0 Å².